The second kappa shape index (κ2) is 11.0. The van der Waals surface area contributed by atoms with Crippen LogP contribution >= 0.6 is 0 Å². The van der Waals surface area contributed by atoms with Gasteiger partial charge in [0.2, 0.25) is 5.91 Å². The summed E-state index contributed by atoms with van der Waals surface area (Å²) in [7, 11) is 0. The summed E-state index contributed by atoms with van der Waals surface area (Å²) in [5.74, 6) is -2.79. The number of carbonyl (C=O) groups excluding carboxylic acids is 3. The molecule has 10 heteroatoms. The number of nitrogens with zero attached hydrogens (tertiary/aromatic N) is 1. The Morgan fingerprint density at radius 3 is 2.65 bits per heavy atom. The van der Waals surface area contributed by atoms with Crippen molar-refractivity contribution in [1.29, 1.82) is 0 Å². The number of esters is 1. The SMILES string of the molecule is C=C(/C(F)=C\C1=C(C)CCO1)[C@@H]1CN(CC(=O)OCC)C(=O)[C@H]1NC(=O)Nc1ccc(F)cc1. The van der Waals surface area contributed by atoms with Crippen LogP contribution < -0.4 is 10.6 Å². The molecule has 1 aromatic rings. The molecule has 182 valence electrons. The summed E-state index contributed by atoms with van der Waals surface area (Å²) in [5.41, 5.74) is 1.18. The maximum atomic E-state index is 15.1. The van der Waals surface area contributed by atoms with Gasteiger partial charge in [-0.2, -0.15) is 0 Å². The topological polar surface area (TPSA) is 97.0 Å². The number of hydrogen-bond donors (Lipinski definition) is 2. The Bertz CT molecular complexity index is 1040. The Hall–Kier alpha value is -3.69. The molecular formula is C24H27F2N3O5. The van der Waals surface area contributed by atoms with Crippen molar-refractivity contribution in [3.8, 4) is 0 Å². The van der Waals surface area contributed by atoms with E-state index in [1.165, 1.54) is 35.2 Å². The van der Waals surface area contributed by atoms with Gasteiger partial charge >= 0.3 is 12.0 Å². The van der Waals surface area contributed by atoms with Crippen LogP contribution in [0.2, 0.25) is 0 Å². The van der Waals surface area contributed by atoms with E-state index in [4.69, 9.17) is 9.47 Å². The Morgan fingerprint density at radius 2 is 2.03 bits per heavy atom. The summed E-state index contributed by atoms with van der Waals surface area (Å²) in [4.78, 5) is 38.7. The monoisotopic (exact) mass is 475 g/mol. The normalized spacial score (nSPS) is 20.3. The van der Waals surface area contributed by atoms with Crippen molar-refractivity contribution < 1.29 is 32.6 Å². The average molecular weight is 475 g/mol. The second-order valence-electron chi connectivity index (χ2n) is 7.97. The van der Waals surface area contributed by atoms with E-state index in [9.17, 15) is 18.8 Å². The zero-order chi connectivity index (χ0) is 24.8. The van der Waals surface area contributed by atoms with Crippen molar-refractivity contribution >= 4 is 23.6 Å². The molecule has 0 unspecified atom stereocenters. The highest BCUT2D eigenvalue weighted by Crippen LogP contribution is 2.32. The Balaban J connectivity index is 1.79. The van der Waals surface area contributed by atoms with Crippen molar-refractivity contribution in [2.45, 2.75) is 26.3 Å². The summed E-state index contributed by atoms with van der Waals surface area (Å²) in [5, 5.41) is 5.03. The van der Waals surface area contributed by atoms with Crippen LogP contribution in [0.25, 0.3) is 0 Å². The summed E-state index contributed by atoms with van der Waals surface area (Å²) in [6.07, 6.45) is 1.91. The highest BCUT2D eigenvalue weighted by Gasteiger charge is 2.44. The zero-order valence-electron chi connectivity index (χ0n) is 19.0. The largest absolute Gasteiger partial charge is 0.493 e. The van der Waals surface area contributed by atoms with Gasteiger partial charge in [0.25, 0.3) is 0 Å². The number of allylic oxidation sites excluding steroid dienone is 2. The number of urea groups is 1. The molecule has 2 atom stereocenters. The highest BCUT2D eigenvalue weighted by molar-refractivity contribution is 5.96. The molecule has 0 aliphatic carbocycles. The van der Waals surface area contributed by atoms with Crippen molar-refractivity contribution in [3.05, 3.63) is 65.5 Å². The molecule has 2 heterocycles. The molecule has 34 heavy (non-hydrogen) atoms. The number of hydrogen-bond acceptors (Lipinski definition) is 5. The van der Waals surface area contributed by atoms with Crippen LogP contribution in [-0.2, 0) is 19.1 Å². The lowest BCUT2D eigenvalue weighted by molar-refractivity contribution is -0.147. The number of ether oxygens (including phenoxy) is 2. The van der Waals surface area contributed by atoms with Crippen LogP contribution in [0.15, 0.2) is 59.7 Å². The number of likely N-dealkylation sites (tertiary alicyclic amines) is 1. The summed E-state index contributed by atoms with van der Waals surface area (Å²) in [6.45, 7) is 7.50. The predicted octanol–water partition coefficient (Wildman–Crippen LogP) is 3.44. The number of rotatable bonds is 8. The first-order chi connectivity index (χ1) is 16.2. The van der Waals surface area contributed by atoms with Gasteiger partial charge in [0, 0.05) is 30.6 Å². The summed E-state index contributed by atoms with van der Waals surface area (Å²) >= 11 is 0. The number of anilines is 1. The highest BCUT2D eigenvalue weighted by atomic mass is 19.1. The van der Waals surface area contributed by atoms with Crippen molar-refractivity contribution in [2.24, 2.45) is 5.92 Å². The van der Waals surface area contributed by atoms with Gasteiger partial charge in [-0.05, 0) is 49.3 Å². The van der Waals surface area contributed by atoms with Crippen LogP contribution in [0.1, 0.15) is 20.3 Å². The zero-order valence-corrected chi connectivity index (χ0v) is 19.0. The Labute approximate surface area is 196 Å². The van der Waals surface area contributed by atoms with E-state index < -0.39 is 41.5 Å². The molecule has 0 radical (unpaired) electrons. The van der Waals surface area contributed by atoms with E-state index in [2.05, 4.69) is 17.2 Å². The van der Waals surface area contributed by atoms with E-state index in [1.807, 2.05) is 6.92 Å². The third-order valence-corrected chi connectivity index (χ3v) is 5.58. The second-order valence-corrected chi connectivity index (χ2v) is 7.97. The predicted molar refractivity (Wildman–Crippen MR) is 121 cm³/mol. The summed E-state index contributed by atoms with van der Waals surface area (Å²) in [6, 6.07) is 3.13. The van der Waals surface area contributed by atoms with Gasteiger partial charge < -0.3 is 25.0 Å². The number of nitrogens with one attached hydrogen (secondary N) is 2. The fraction of sp³-hybridized carbons (Fsp3) is 0.375. The van der Waals surface area contributed by atoms with Gasteiger partial charge in [0.1, 0.15) is 30.0 Å². The maximum Gasteiger partial charge on any atom is 0.325 e. The molecule has 0 bridgehead atoms. The first kappa shape index (κ1) is 24.9. The minimum atomic E-state index is -1.18. The molecule has 3 amide bonds. The smallest absolute Gasteiger partial charge is 0.325 e. The molecule has 2 N–H and O–H groups in total. The van der Waals surface area contributed by atoms with E-state index >= 15 is 4.39 Å². The molecule has 0 spiro atoms. The maximum absolute atomic E-state index is 15.1. The molecule has 8 nitrogen and oxygen atoms in total. The lowest BCUT2D eigenvalue weighted by Gasteiger charge is -2.20. The molecule has 0 aromatic heterocycles. The summed E-state index contributed by atoms with van der Waals surface area (Å²) < 4.78 is 38.5. The van der Waals surface area contributed by atoms with E-state index in [0.717, 1.165) is 5.57 Å². The van der Waals surface area contributed by atoms with Gasteiger partial charge in [-0.3, -0.25) is 9.59 Å². The van der Waals surface area contributed by atoms with Gasteiger partial charge in [-0.15, -0.1) is 0 Å². The Kier molecular flexibility index (Phi) is 8.04. The van der Waals surface area contributed by atoms with Gasteiger partial charge in [0.15, 0.2) is 0 Å². The minimum absolute atomic E-state index is 0.0115. The number of carbonyl (C=O) groups is 3. The van der Waals surface area contributed by atoms with E-state index in [0.29, 0.717) is 24.5 Å². The van der Waals surface area contributed by atoms with Crippen LogP contribution in [-0.4, -0.2) is 55.2 Å². The van der Waals surface area contributed by atoms with Crippen LogP contribution in [0, 0.1) is 11.7 Å². The molecular weight excluding hydrogens is 448 g/mol. The lowest BCUT2D eigenvalue weighted by atomic mass is 9.93. The molecule has 0 saturated carbocycles. The minimum Gasteiger partial charge on any atom is -0.493 e. The fourth-order valence-electron chi connectivity index (χ4n) is 3.73. The quantitative estimate of drug-likeness (QED) is 0.444. The van der Waals surface area contributed by atoms with Crippen LogP contribution in [0.4, 0.5) is 19.3 Å². The number of benzene rings is 1. The first-order valence-electron chi connectivity index (χ1n) is 10.9. The number of halogens is 2. The molecule has 2 aliphatic heterocycles. The van der Waals surface area contributed by atoms with Crippen LogP contribution in [0.5, 0.6) is 0 Å². The van der Waals surface area contributed by atoms with E-state index in [1.54, 1.807) is 6.92 Å². The molecule has 1 aromatic carbocycles. The molecule has 2 aliphatic rings. The third-order valence-electron chi connectivity index (χ3n) is 5.58. The van der Waals surface area contributed by atoms with Gasteiger partial charge in [0.05, 0.1) is 13.2 Å². The van der Waals surface area contributed by atoms with Gasteiger partial charge in [-0.25, -0.2) is 13.6 Å². The molecule has 3 rings (SSSR count). The standard InChI is InChI=1S/C24H27F2N3O5/c1-4-33-21(30)13-29-12-18(15(3)19(26)11-20-14(2)9-10-34-20)22(23(29)31)28-24(32)27-17-7-5-16(25)6-8-17/h5-8,11,18,22H,3-4,9-10,12-13H2,1-2H3,(H2,27,28,32)/b19-11+/t18-,22-/m0/s1. The molecule has 1 fully saturated rings. The van der Waals surface area contributed by atoms with Crippen molar-refractivity contribution in [1.82, 2.24) is 10.2 Å². The van der Waals surface area contributed by atoms with Crippen LogP contribution in [0.3, 0.4) is 0 Å². The van der Waals surface area contributed by atoms with E-state index in [-0.39, 0.29) is 25.3 Å². The average Bonchev–Trinajstić information content (AvgIpc) is 3.32. The number of amides is 3. The first-order valence-corrected chi connectivity index (χ1v) is 10.9. The third kappa shape index (κ3) is 6.00. The molecule has 1 saturated heterocycles. The lowest BCUT2D eigenvalue weighted by Crippen LogP contribution is -2.46. The van der Waals surface area contributed by atoms with Gasteiger partial charge in [-0.1, -0.05) is 6.58 Å². The Morgan fingerprint density at radius 1 is 1.32 bits per heavy atom. The van der Waals surface area contributed by atoms with Crippen molar-refractivity contribution in [3.63, 3.8) is 0 Å². The van der Waals surface area contributed by atoms with Crippen molar-refractivity contribution in [2.75, 3.05) is 31.6 Å². The fourth-order valence-corrected chi connectivity index (χ4v) is 3.73.